The number of halogens is 2. The van der Waals surface area contributed by atoms with Crippen LogP contribution in [0.5, 0.6) is 0 Å². The zero-order valence-electron chi connectivity index (χ0n) is 10.1. The molecule has 0 spiro atoms. The van der Waals surface area contributed by atoms with Gasteiger partial charge in [0.1, 0.15) is 11.6 Å². The maximum Gasteiger partial charge on any atom is 0.126 e. The van der Waals surface area contributed by atoms with E-state index >= 15 is 0 Å². The molecule has 0 aliphatic rings. The number of nitrogens with one attached hydrogen (secondary N) is 1. The molecule has 3 heteroatoms. The Hall–Kier alpha value is -0.960. The fraction of sp³-hybridized carbons (Fsp3) is 0.538. The molecule has 16 heavy (non-hydrogen) atoms. The van der Waals surface area contributed by atoms with Crippen molar-refractivity contribution in [2.75, 3.05) is 13.6 Å². The Kier molecular flexibility index (Phi) is 4.87. The van der Waals surface area contributed by atoms with Crippen LogP contribution in [0.15, 0.2) is 18.2 Å². The summed E-state index contributed by atoms with van der Waals surface area (Å²) < 4.78 is 26.2. The van der Waals surface area contributed by atoms with Crippen molar-refractivity contribution in [3.8, 4) is 0 Å². The Morgan fingerprint density at radius 3 is 2.12 bits per heavy atom. The first-order valence-electron chi connectivity index (χ1n) is 5.65. The van der Waals surface area contributed by atoms with Crippen LogP contribution in [0.2, 0.25) is 0 Å². The quantitative estimate of drug-likeness (QED) is 0.813. The molecule has 1 unspecified atom stereocenters. The van der Waals surface area contributed by atoms with E-state index in [1.54, 1.807) is 0 Å². The zero-order chi connectivity index (χ0) is 12.1. The highest BCUT2D eigenvalue weighted by Gasteiger charge is 2.16. The molecule has 1 aromatic carbocycles. The van der Waals surface area contributed by atoms with Crippen molar-refractivity contribution in [1.29, 1.82) is 0 Å². The zero-order valence-corrected chi connectivity index (χ0v) is 10.1. The van der Waals surface area contributed by atoms with Gasteiger partial charge in [-0.2, -0.15) is 0 Å². The normalized spacial score (nSPS) is 13.1. The second kappa shape index (κ2) is 5.94. The maximum absolute atomic E-state index is 13.1. The van der Waals surface area contributed by atoms with Crippen LogP contribution in [0.25, 0.3) is 0 Å². The Morgan fingerprint density at radius 2 is 1.69 bits per heavy atom. The highest BCUT2D eigenvalue weighted by molar-refractivity contribution is 5.22. The van der Waals surface area contributed by atoms with Crippen molar-refractivity contribution >= 4 is 0 Å². The molecule has 0 saturated carbocycles. The number of hydrogen-bond donors (Lipinski definition) is 1. The molecule has 1 rings (SSSR count). The van der Waals surface area contributed by atoms with Gasteiger partial charge in [0.15, 0.2) is 0 Å². The second-order valence-electron chi connectivity index (χ2n) is 4.45. The molecule has 1 aromatic rings. The standard InChI is InChI=1S/C13H19F2N/c1-9(2)13(4-5-16-3)10-6-11(14)8-12(15)7-10/h6-9,13,16H,4-5H2,1-3H3. The number of hydrogen-bond acceptors (Lipinski definition) is 1. The van der Waals surface area contributed by atoms with E-state index in [-0.39, 0.29) is 5.92 Å². The third-order valence-electron chi connectivity index (χ3n) is 2.82. The first kappa shape index (κ1) is 13.1. The minimum absolute atomic E-state index is 0.192. The molecule has 0 saturated heterocycles. The van der Waals surface area contributed by atoms with E-state index in [0.717, 1.165) is 24.6 Å². The van der Waals surface area contributed by atoms with Gasteiger partial charge in [-0.3, -0.25) is 0 Å². The van der Waals surface area contributed by atoms with Crippen molar-refractivity contribution in [2.24, 2.45) is 5.92 Å². The maximum atomic E-state index is 13.1. The van der Waals surface area contributed by atoms with Crippen molar-refractivity contribution in [2.45, 2.75) is 26.2 Å². The summed E-state index contributed by atoms with van der Waals surface area (Å²) in [5.41, 5.74) is 0.753. The SMILES string of the molecule is CNCCC(c1cc(F)cc(F)c1)C(C)C. The third kappa shape index (κ3) is 3.56. The summed E-state index contributed by atoms with van der Waals surface area (Å²) in [7, 11) is 1.88. The topological polar surface area (TPSA) is 12.0 Å². The predicted octanol–water partition coefficient (Wildman–Crippen LogP) is 3.31. The molecule has 1 nitrogen and oxygen atoms in total. The monoisotopic (exact) mass is 227 g/mol. The Bertz CT molecular complexity index is 316. The van der Waals surface area contributed by atoms with Gasteiger partial charge in [0.05, 0.1) is 0 Å². The van der Waals surface area contributed by atoms with Crippen LogP contribution >= 0.6 is 0 Å². The van der Waals surface area contributed by atoms with E-state index in [2.05, 4.69) is 19.2 Å². The lowest BCUT2D eigenvalue weighted by Gasteiger charge is -2.21. The van der Waals surface area contributed by atoms with Gasteiger partial charge in [-0.1, -0.05) is 13.8 Å². The molecular weight excluding hydrogens is 208 g/mol. The average Bonchev–Trinajstić information content (AvgIpc) is 2.16. The molecule has 0 bridgehead atoms. The van der Waals surface area contributed by atoms with Crippen molar-refractivity contribution in [3.05, 3.63) is 35.4 Å². The van der Waals surface area contributed by atoms with E-state index < -0.39 is 11.6 Å². The summed E-state index contributed by atoms with van der Waals surface area (Å²) in [5.74, 6) is -0.428. The minimum atomic E-state index is -0.495. The smallest absolute Gasteiger partial charge is 0.126 e. The number of rotatable bonds is 5. The summed E-state index contributed by atoms with van der Waals surface area (Å²) in [6.45, 7) is 4.99. The molecule has 0 radical (unpaired) electrons. The average molecular weight is 227 g/mol. The van der Waals surface area contributed by atoms with Gasteiger partial charge < -0.3 is 5.32 Å². The van der Waals surface area contributed by atoms with E-state index in [1.165, 1.54) is 12.1 Å². The molecule has 0 amide bonds. The Morgan fingerprint density at radius 1 is 1.12 bits per heavy atom. The molecule has 0 aromatic heterocycles. The van der Waals surface area contributed by atoms with Gasteiger partial charge in [-0.15, -0.1) is 0 Å². The molecule has 0 aliphatic carbocycles. The van der Waals surface area contributed by atoms with Crippen molar-refractivity contribution in [1.82, 2.24) is 5.32 Å². The van der Waals surface area contributed by atoms with E-state index in [0.29, 0.717) is 5.92 Å². The minimum Gasteiger partial charge on any atom is -0.320 e. The van der Waals surface area contributed by atoms with Crippen LogP contribution in [-0.2, 0) is 0 Å². The Balaban J connectivity index is 2.91. The highest BCUT2D eigenvalue weighted by Crippen LogP contribution is 2.28. The van der Waals surface area contributed by atoms with Crippen LogP contribution in [-0.4, -0.2) is 13.6 Å². The molecule has 90 valence electrons. The Labute approximate surface area is 95.9 Å². The van der Waals surface area contributed by atoms with E-state index in [9.17, 15) is 8.78 Å². The van der Waals surface area contributed by atoms with Crippen molar-refractivity contribution in [3.63, 3.8) is 0 Å². The highest BCUT2D eigenvalue weighted by atomic mass is 19.1. The molecule has 1 atom stereocenters. The van der Waals surface area contributed by atoms with Crippen LogP contribution in [0.4, 0.5) is 8.78 Å². The first-order chi connectivity index (χ1) is 7.54. The van der Waals surface area contributed by atoms with Gasteiger partial charge in [0, 0.05) is 6.07 Å². The summed E-state index contributed by atoms with van der Waals surface area (Å²) in [6.07, 6.45) is 0.886. The van der Waals surface area contributed by atoms with Crippen LogP contribution in [0.3, 0.4) is 0 Å². The van der Waals surface area contributed by atoms with Crippen molar-refractivity contribution < 1.29 is 8.78 Å². The first-order valence-corrected chi connectivity index (χ1v) is 5.65. The summed E-state index contributed by atoms with van der Waals surface area (Å²) in [4.78, 5) is 0. The van der Waals surface area contributed by atoms with Crippen LogP contribution in [0, 0.1) is 17.6 Å². The molecule has 1 N–H and O–H groups in total. The van der Waals surface area contributed by atoms with E-state index in [1.807, 2.05) is 7.05 Å². The predicted molar refractivity (Wildman–Crippen MR) is 62.5 cm³/mol. The molecule has 0 heterocycles. The fourth-order valence-corrected chi connectivity index (χ4v) is 1.97. The van der Waals surface area contributed by atoms with Gasteiger partial charge in [0.2, 0.25) is 0 Å². The fourth-order valence-electron chi connectivity index (χ4n) is 1.97. The number of benzene rings is 1. The van der Waals surface area contributed by atoms with Gasteiger partial charge in [-0.25, -0.2) is 8.78 Å². The van der Waals surface area contributed by atoms with Gasteiger partial charge >= 0.3 is 0 Å². The summed E-state index contributed by atoms with van der Waals surface area (Å²) in [5, 5.41) is 3.06. The third-order valence-corrected chi connectivity index (χ3v) is 2.82. The second-order valence-corrected chi connectivity index (χ2v) is 4.45. The van der Waals surface area contributed by atoms with Crippen LogP contribution < -0.4 is 5.32 Å². The summed E-state index contributed by atoms with van der Waals surface area (Å²) in [6, 6.07) is 3.78. The lowest BCUT2D eigenvalue weighted by molar-refractivity contribution is 0.455. The lowest BCUT2D eigenvalue weighted by Crippen LogP contribution is -2.16. The molecule has 0 aliphatic heterocycles. The lowest BCUT2D eigenvalue weighted by atomic mass is 9.85. The van der Waals surface area contributed by atoms with Gasteiger partial charge in [0.25, 0.3) is 0 Å². The summed E-state index contributed by atoms with van der Waals surface area (Å²) >= 11 is 0. The molecule has 0 fully saturated rings. The molecular formula is C13H19F2N. The van der Waals surface area contributed by atoms with E-state index in [4.69, 9.17) is 0 Å². The van der Waals surface area contributed by atoms with Crippen LogP contribution in [0.1, 0.15) is 31.7 Å². The van der Waals surface area contributed by atoms with Gasteiger partial charge in [-0.05, 0) is 49.5 Å². The largest absolute Gasteiger partial charge is 0.320 e.